The number of nitrogens with one attached hydrogen (secondary N) is 2. The van der Waals surface area contributed by atoms with Gasteiger partial charge < -0.3 is 15.7 Å². The van der Waals surface area contributed by atoms with Gasteiger partial charge in [0.05, 0.1) is 17.9 Å². The van der Waals surface area contributed by atoms with Gasteiger partial charge in [-0.2, -0.15) is 5.10 Å². The van der Waals surface area contributed by atoms with Crippen molar-refractivity contribution < 1.29 is 5.11 Å². The molecule has 1 aliphatic rings. The number of aromatic nitrogens is 2. The number of aliphatic hydroxyl groups is 1. The monoisotopic (exact) mass is 411 g/mol. The highest BCUT2D eigenvalue weighted by molar-refractivity contribution is 5.79. The van der Waals surface area contributed by atoms with Crippen LogP contribution >= 0.6 is 0 Å². The summed E-state index contributed by atoms with van der Waals surface area (Å²) in [7, 11) is 0. The van der Waals surface area contributed by atoms with Crippen LogP contribution in [0.15, 0.2) is 35.3 Å². The van der Waals surface area contributed by atoms with Crippen molar-refractivity contribution in [3.05, 3.63) is 47.3 Å². The van der Waals surface area contributed by atoms with E-state index in [0.29, 0.717) is 6.54 Å². The molecule has 1 aromatic heterocycles. The Hall–Kier alpha value is -2.34. The molecule has 0 spiro atoms. The summed E-state index contributed by atoms with van der Waals surface area (Å²) < 4.78 is 2.00. The van der Waals surface area contributed by atoms with Gasteiger partial charge in [0.1, 0.15) is 0 Å². The minimum absolute atomic E-state index is 0.185. The minimum atomic E-state index is 0.185. The molecule has 6 nitrogen and oxygen atoms in total. The van der Waals surface area contributed by atoms with Crippen molar-refractivity contribution in [3.8, 4) is 5.69 Å². The van der Waals surface area contributed by atoms with Crippen LogP contribution in [0.5, 0.6) is 0 Å². The highest BCUT2D eigenvalue weighted by Gasteiger charge is 2.31. The molecule has 0 amide bonds. The Bertz CT molecular complexity index is 830. The van der Waals surface area contributed by atoms with E-state index < -0.39 is 0 Å². The fraction of sp³-hybridized carbons (Fsp3) is 0.583. The molecule has 3 N–H and O–H groups in total. The van der Waals surface area contributed by atoms with Crippen molar-refractivity contribution in [2.45, 2.75) is 65.8 Å². The third kappa shape index (κ3) is 5.63. The summed E-state index contributed by atoms with van der Waals surface area (Å²) >= 11 is 0. The van der Waals surface area contributed by atoms with Crippen molar-refractivity contribution in [2.24, 2.45) is 10.4 Å². The number of aryl methyl sites for hydroxylation is 2. The van der Waals surface area contributed by atoms with Crippen LogP contribution in [-0.4, -0.2) is 40.5 Å². The average Bonchev–Trinajstić information content (AvgIpc) is 3.09. The molecule has 0 saturated heterocycles. The molecular weight excluding hydrogens is 374 g/mol. The summed E-state index contributed by atoms with van der Waals surface area (Å²) in [5.41, 5.74) is 4.54. The van der Waals surface area contributed by atoms with Gasteiger partial charge in [0.25, 0.3) is 0 Å². The number of aliphatic imine (C=N–C) groups is 1. The van der Waals surface area contributed by atoms with Gasteiger partial charge in [-0.15, -0.1) is 0 Å². The highest BCUT2D eigenvalue weighted by atomic mass is 16.3. The van der Waals surface area contributed by atoms with Crippen LogP contribution in [0.4, 0.5) is 0 Å². The molecule has 1 heterocycles. The zero-order valence-corrected chi connectivity index (χ0v) is 18.7. The van der Waals surface area contributed by atoms with Gasteiger partial charge in [-0.25, -0.2) is 9.67 Å². The topological polar surface area (TPSA) is 74.5 Å². The number of hydrogen-bond donors (Lipinski definition) is 3. The van der Waals surface area contributed by atoms with Crippen molar-refractivity contribution in [1.82, 2.24) is 20.4 Å². The van der Waals surface area contributed by atoms with Gasteiger partial charge in [0.15, 0.2) is 5.96 Å². The number of guanidine groups is 1. The fourth-order valence-corrected chi connectivity index (χ4v) is 4.56. The first kappa shape index (κ1) is 22.3. The van der Waals surface area contributed by atoms with Gasteiger partial charge in [0.2, 0.25) is 0 Å². The van der Waals surface area contributed by atoms with E-state index in [1.165, 1.54) is 32.1 Å². The Kier molecular flexibility index (Phi) is 7.91. The summed E-state index contributed by atoms with van der Waals surface area (Å²) in [4.78, 5) is 4.87. The molecule has 0 bridgehead atoms. The number of nitrogens with zero attached hydrogens (tertiary/aromatic N) is 3. The molecule has 0 unspecified atom stereocenters. The molecule has 1 aromatic carbocycles. The largest absolute Gasteiger partial charge is 0.396 e. The maximum absolute atomic E-state index is 9.59. The second-order valence-corrected chi connectivity index (χ2v) is 8.55. The standard InChI is InChI=1S/C24H37N5O/c1-4-25-23(27-18-24(14-15-30)12-8-5-9-13-24)26-17-21-10-6-7-11-22(21)29-20(3)16-19(2)28-29/h6-7,10-11,16,30H,4-5,8-9,12-15,17-18H2,1-3H3,(H2,25,26,27). The van der Waals surface area contributed by atoms with E-state index in [-0.39, 0.29) is 12.0 Å². The second-order valence-electron chi connectivity index (χ2n) is 8.55. The Labute approximate surface area is 180 Å². The normalized spacial score (nSPS) is 16.5. The second kappa shape index (κ2) is 10.6. The van der Waals surface area contributed by atoms with Crippen LogP contribution in [0.25, 0.3) is 5.69 Å². The van der Waals surface area contributed by atoms with Crippen LogP contribution in [0.2, 0.25) is 0 Å². The lowest BCUT2D eigenvalue weighted by Gasteiger charge is -2.37. The van der Waals surface area contributed by atoms with Gasteiger partial charge in [0, 0.05) is 25.4 Å². The SMILES string of the molecule is CCNC(=NCc1ccccc1-n1nc(C)cc1C)NCC1(CCO)CCCCC1. The van der Waals surface area contributed by atoms with Gasteiger partial charge in [-0.1, -0.05) is 37.5 Å². The van der Waals surface area contributed by atoms with Crippen LogP contribution < -0.4 is 10.6 Å². The maximum atomic E-state index is 9.59. The summed E-state index contributed by atoms with van der Waals surface area (Å²) in [5, 5.41) is 21.2. The molecule has 164 valence electrons. The smallest absolute Gasteiger partial charge is 0.191 e. The Balaban J connectivity index is 1.74. The molecule has 1 fully saturated rings. The van der Waals surface area contributed by atoms with Crippen molar-refractivity contribution >= 4 is 5.96 Å². The van der Waals surface area contributed by atoms with Crippen LogP contribution in [0.3, 0.4) is 0 Å². The summed E-state index contributed by atoms with van der Waals surface area (Å²) in [6.45, 7) is 8.70. The van der Waals surface area contributed by atoms with Gasteiger partial charge in [-0.3, -0.25) is 0 Å². The highest BCUT2D eigenvalue weighted by Crippen LogP contribution is 2.38. The number of aliphatic hydroxyl groups excluding tert-OH is 1. The molecule has 2 aromatic rings. The van der Waals surface area contributed by atoms with E-state index in [0.717, 1.165) is 48.1 Å². The summed E-state index contributed by atoms with van der Waals surface area (Å²) in [6, 6.07) is 10.4. The quantitative estimate of drug-likeness (QED) is 0.455. The third-order valence-electron chi connectivity index (χ3n) is 6.17. The zero-order valence-electron chi connectivity index (χ0n) is 18.7. The van der Waals surface area contributed by atoms with Crippen LogP contribution in [0, 0.1) is 19.3 Å². The first-order chi connectivity index (χ1) is 14.6. The van der Waals surface area contributed by atoms with Gasteiger partial charge >= 0.3 is 0 Å². The Morgan fingerprint density at radius 3 is 2.60 bits per heavy atom. The summed E-state index contributed by atoms with van der Waals surface area (Å²) in [6.07, 6.45) is 7.04. The molecule has 0 aliphatic heterocycles. The lowest BCUT2D eigenvalue weighted by Crippen LogP contribution is -2.45. The lowest BCUT2D eigenvalue weighted by molar-refractivity contribution is 0.131. The molecule has 3 rings (SSSR count). The predicted molar refractivity (Wildman–Crippen MR) is 123 cm³/mol. The van der Waals surface area contributed by atoms with Gasteiger partial charge in [-0.05, 0) is 63.1 Å². The van der Waals surface area contributed by atoms with E-state index in [2.05, 4.69) is 53.8 Å². The van der Waals surface area contributed by atoms with Crippen molar-refractivity contribution in [3.63, 3.8) is 0 Å². The molecule has 0 radical (unpaired) electrons. The van der Waals surface area contributed by atoms with E-state index in [4.69, 9.17) is 4.99 Å². The third-order valence-corrected chi connectivity index (χ3v) is 6.17. The first-order valence-corrected chi connectivity index (χ1v) is 11.3. The van der Waals surface area contributed by atoms with Crippen LogP contribution in [-0.2, 0) is 6.54 Å². The average molecular weight is 412 g/mol. The fourth-order valence-electron chi connectivity index (χ4n) is 4.56. The molecular formula is C24H37N5O. The number of para-hydroxylation sites is 1. The van der Waals surface area contributed by atoms with E-state index in [1.54, 1.807) is 0 Å². The van der Waals surface area contributed by atoms with Crippen molar-refractivity contribution in [2.75, 3.05) is 19.7 Å². The molecule has 0 atom stereocenters. The number of benzene rings is 1. The Morgan fingerprint density at radius 2 is 1.93 bits per heavy atom. The predicted octanol–water partition coefficient (Wildman–Crippen LogP) is 3.88. The lowest BCUT2D eigenvalue weighted by atomic mass is 9.72. The minimum Gasteiger partial charge on any atom is -0.396 e. The molecule has 6 heteroatoms. The van der Waals surface area contributed by atoms with E-state index in [9.17, 15) is 5.11 Å². The molecule has 30 heavy (non-hydrogen) atoms. The van der Waals surface area contributed by atoms with Crippen LogP contribution in [0.1, 0.15) is 62.4 Å². The number of hydrogen-bond acceptors (Lipinski definition) is 3. The van der Waals surface area contributed by atoms with Crippen molar-refractivity contribution in [1.29, 1.82) is 0 Å². The van der Waals surface area contributed by atoms with E-state index >= 15 is 0 Å². The van der Waals surface area contributed by atoms with E-state index in [1.807, 2.05) is 17.7 Å². The zero-order chi connectivity index (χ0) is 21.4. The molecule has 1 aliphatic carbocycles. The maximum Gasteiger partial charge on any atom is 0.191 e. The first-order valence-electron chi connectivity index (χ1n) is 11.3. The Morgan fingerprint density at radius 1 is 1.17 bits per heavy atom. The molecule has 1 saturated carbocycles. The number of rotatable bonds is 8. The summed E-state index contributed by atoms with van der Waals surface area (Å²) in [5.74, 6) is 0.837.